The number of carbonyl (C=O) groups excluding carboxylic acids is 1. The van der Waals surface area contributed by atoms with Gasteiger partial charge in [-0.25, -0.2) is 13.6 Å². The third kappa shape index (κ3) is 4.75. The largest absolute Gasteiger partial charge is 0.497 e. The second-order valence-corrected chi connectivity index (χ2v) is 8.67. The molecular weight excluding hydrogens is 420 g/mol. The summed E-state index contributed by atoms with van der Waals surface area (Å²) in [5.41, 5.74) is -0.182. The minimum absolute atomic E-state index is 0.102. The smallest absolute Gasteiger partial charge is 0.255 e. The molecule has 0 aliphatic carbocycles. The van der Waals surface area contributed by atoms with E-state index in [0.29, 0.717) is 22.3 Å². The molecule has 3 N–H and O–H groups in total. The van der Waals surface area contributed by atoms with Crippen LogP contribution in [0.1, 0.15) is 28.3 Å². The van der Waals surface area contributed by atoms with E-state index in [2.05, 4.69) is 5.32 Å². The van der Waals surface area contributed by atoms with Gasteiger partial charge >= 0.3 is 0 Å². The van der Waals surface area contributed by atoms with Gasteiger partial charge < -0.3 is 19.5 Å². The number of fused-ring (bicyclic) bond motifs is 1. The van der Waals surface area contributed by atoms with Gasteiger partial charge in [0.25, 0.3) is 5.91 Å². The summed E-state index contributed by atoms with van der Waals surface area (Å²) >= 11 is 5.99. The Morgan fingerprint density at radius 3 is 2.66 bits per heavy atom. The molecule has 0 aromatic heterocycles. The summed E-state index contributed by atoms with van der Waals surface area (Å²) in [4.78, 5) is 12.7. The molecule has 1 amide bonds. The van der Waals surface area contributed by atoms with Crippen LogP contribution in [0.3, 0.4) is 0 Å². The van der Waals surface area contributed by atoms with E-state index in [0.717, 1.165) is 5.56 Å². The first-order valence-corrected chi connectivity index (χ1v) is 10.7. The number of hydrogen-bond donors (Lipinski definition) is 2. The van der Waals surface area contributed by atoms with Crippen LogP contribution < -0.4 is 24.7 Å². The Kier molecular flexibility index (Phi) is 6.21. The molecule has 8 nitrogen and oxygen atoms in total. The van der Waals surface area contributed by atoms with Gasteiger partial charge in [0.1, 0.15) is 17.2 Å². The van der Waals surface area contributed by atoms with E-state index in [4.69, 9.17) is 31.0 Å². The first-order valence-electron chi connectivity index (χ1n) is 8.71. The van der Waals surface area contributed by atoms with E-state index in [1.54, 1.807) is 30.3 Å². The molecule has 2 unspecified atom stereocenters. The van der Waals surface area contributed by atoms with E-state index < -0.39 is 21.4 Å². The number of hydrogen-bond acceptors (Lipinski definition) is 6. The number of nitrogens with two attached hydrogens (primary N) is 1. The van der Waals surface area contributed by atoms with Crippen LogP contribution in [0.2, 0.25) is 5.02 Å². The number of halogens is 1. The molecule has 3 rings (SSSR count). The summed E-state index contributed by atoms with van der Waals surface area (Å²) < 4.78 is 39.7. The molecule has 2 aromatic rings. The van der Waals surface area contributed by atoms with E-state index >= 15 is 0 Å². The summed E-state index contributed by atoms with van der Waals surface area (Å²) in [7, 11) is -0.986. The summed E-state index contributed by atoms with van der Waals surface area (Å²) in [5.74, 6) is 0.533. The monoisotopic (exact) mass is 440 g/mol. The first kappa shape index (κ1) is 21.2. The van der Waals surface area contributed by atoms with Crippen LogP contribution in [0.25, 0.3) is 0 Å². The van der Waals surface area contributed by atoms with Crippen molar-refractivity contribution in [3.8, 4) is 17.2 Å². The van der Waals surface area contributed by atoms with Gasteiger partial charge in [0.2, 0.25) is 15.5 Å². The third-order valence-electron chi connectivity index (χ3n) is 4.68. The Hall–Kier alpha value is -2.49. The van der Waals surface area contributed by atoms with Crippen LogP contribution in [0, 0.1) is 0 Å². The molecule has 0 saturated heterocycles. The van der Waals surface area contributed by atoms with Gasteiger partial charge in [-0.15, -0.1) is 0 Å². The lowest BCUT2D eigenvalue weighted by Crippen LogP contribution is -2.40. The highest BCUT2D eigenvalue weighted by Crippen LogP contribution is 2.39. The van der Waals surface area contributed by atoms with Crippen molar-refractivity contribution >= 4 is 27.5 Å². The molecule has 1 heterocycles. The molecule has 10 heteroatoms. The van der Waals surface area contributed by atoms with Crippen LogP contribution >= 0.6 is 11.6 Å². The molecule has 29 heavy (non-hydrogen) atoms. The van der Waals surface area contributed by atoms with E-state index in [9.17, 15) is 13.2 Å². The predicted octanol–water partition coefficient (Wildman–Crippen LogP) is 2.27. The lowest BCUT2D eigenvalue weighted by Gasteiger charge is -2.31. The molecular formula is C19H21ClN2O6S. The molecule has 0 fully saturated rings. The number of carbonyl (C=O) groups is 1. The van der Waals surface area contributed by atoms with Crippen LogP contribution in [0.15, 0.2) is 36.4 Å². The molecule has 2 atom stereocenters. The zero-order chi connectivity index (χ0) is 21.2. The van der Waals surface area contributed by atoms with Crippen molar-refractivity contribution < 1.29 is 27.4 Å². The van der Waals surface area contributed by atoms with E-state index in [-0.39, 0.29) is 24.4 Å². The summed E-state index contributed by atoms with van der Waals surface area (Å²) in [6.45, 7) is 0.170. The fraction of sp³-hybridized carbons (Fsp3) is 0.316. The van der Waals surface area contributed by atoms with Crippen LogP contribution in [-0.4, -0.2) is 40.5 Å². The molecule has 0 spiro atoms. The number of methoxy groups -OCH3 is 2. The number of amides is 1. The van der Waals surface area contributed by atoms with Gasteiger partial charge in [-0.2, -0.15) is 0 Å². The van der Waals surface area contributed by atoms with Crippen LogP contribution in [0.4, 0.5) is 0 Å². The van der Waals surface area contributed by atoms with Gasteiger partial charge in [0.15, 0.2) is 0 Å². The van der Waals surface area contributed by atoms with E-state index in [1.807, 2.05) is 0 Å². The first-order chi connectivity index (χ1) is 13.7. The quantitative estimate of drug-likeness (QED) is 0.711. The highest BCUT2D eigenvalue weighted by atomic mass is 35.5. The van der Waals surface area contributed by atoms with Crippen LogP contribution in [0.5, 0.6) is 17.2 Å². The standard InChI is InChI=1S/C19H21ClN2O6S/c1-26-13-4-5-14-11(7-18(29(21,24)25)28-17(14)9-13)10-22-19(23)15-8-12(20)3-6-16(15)27-2/h3-6,8-9,11,18H,7,10H2,1-2H3,(H,22,23)(H2,21,24,25). The topological polar surface area (TPSA) is 117 Å². The minimum Gasteiger partial charge on any atom is -0.497 e. The predicted molar refractivity (Wildman–Crippen MR) is 108 cm³/mol. The third-order valence-corrected chi connectivity index (χ3v) is 5.93. The molecule has 156 valence electrons. The molecule has 1 aliphatic heterocycles. The van der Waals surface area contributed by atoms with E-state index in [1.165, 1.54) is 20.3 Å². The molecule has 0 saturated carbocycles. The maximum absolute atomic E-state index is 12.7. The fourth-order valence-corrected chi connectivity index (χ4v) is 4.10. The van der Waals surface area contributed by atoms with Crippen molar-refractivity contribution in [2.75, 3.05) is 20.8 Å². The normalized spacial score (nSPS) is 18.3. The number of ether oxygens (including phenoxy) is 3. The Morgan fingerprint density at radius 2 is 2.00 bits per heavy atom. The van der Waals surface area contributed by atoms with Gasteiger partial charge in [0.05, 0.1) is 19.8 Å². The van der Waals surface area contributed by atoms with Gasteiger partial charge in [-0.1, -0.05) is 17.7 Å². The number of nitrogens with one attached hydrogen (secondary N) is 1. The average Bonchev–Trinajstić information content (AvgIpc) is 2.70. The Balaban J connectivity index is 1.84. The van der Waals surface area contributed by atoms with Gasteiger partial charge in [-0.3, -0.25) is 4.79 Å². The Bertz CT molecular complexity index is 1030. The van der Waals surface area contributed by atoms with Crippen molar-refractivity contribution in [1.82, 2.24) is 5.32 Å². The van der Waals surface area contributed by atoms with Crippen molar-refractivity contribution in [2.24, 2.45) is 5.14 Å². The second kappa shape index (κ2) is 8.48. The van der Waals surface area contributed by atoms with Crippen LogP contribution in [-0.2, 0) is 10.0 Å². The van der Waals surface area contributed by atoms with Gasteiger partial charge in [-0.05, 0) is 29.8 Å². The van der Waals surface area contributed by atoms with Crippen molar-refractivity contribution in [3.63, 3.8) is 0 Å². The summed E-state index contributed by atoms with van der Waals surface area (Å²) in [6, 6.07) is 9.85. The van der Waals surface area contributed by atoms with Gasteiger partial charge in [0, 0.05) is 30.0 Å². The number of rotatable bonds is 6. The Labute approximate surface area is 173 Å². The van der Waals surface area contributed by atoms with Crippen molar-refractivity contribution in [1.29, 1.82) is 0 Å². The number of sulfonamides is 1. The lowest BCUT2D eigenvalue weighted by molar-refractivity contribution is 0.0944. The zero-order valence-electron chi connectivity index (χ0n) is 15.8. The lowest BCUT2D eigenvalue weighted by atomic mass is 9.92. The highest BCUT2D eigenvalue weighted by molar-refractivity contribution is 7.89. The average molecular weight is 441 g/mol. The molecule has 2 aromatic carbocycles. The minimum atomic E-state index is -3.94. The SMILES string of the molecule is COc1ccc2c(c1)OC(S(N)(=O)=O)CC2CNC(=O)c1cc(Cl)ccc1OC. The number of benzene rings is 2. The zero-order valence-corrected chi connectivity index (χ0v) is 17.4. The summed E-state index contributed by atoms with van der Waals surface area (Å²) in [6.07, 6.45) is 0.102. The Morgan fingerprint density at radius 1 is 1.24 bits per heavy atom. The second-order valence-electron chi connectivity index (χ2n) is 6.53. The fourth-order valence-electron chi connectivity index (χ4n) is 3.19. The maximum atomic E-state index is 12.7. The number of primary sulfonamides is 1. The highest BCUT2D eigenvalue weighted by Gasteiger charge is 2.35. The van der Waals surface area contributed by atoms with Crippen molar-refractivity contribution in [3.05, 3.63) is 52.5 Å². The van der Waals surface area contributed by atoms with Crippen molar-refractivity contribution in [2.45, 2.75) is 17.8 Å². The molecule has 0 bridgehead atoms. The maximum Gasteiger partial charge on any atom is 0.255 e. The summed E-state index contributed by atoms with van der Waals surface area (Å²) in [5, 5.41) is 8.51. The molecule has 0 radical (unpaired) electrons. The molecule has 1 aliphatic rings.